The van der Waals surface area contributed by atoms with Gasteiger partial charge in [0, 0.05) is 0 Å². The zero-order valence-electron chi connectivity index (χ0n) is 13.2. The van der Waals surface area contributed by atoms with E-state index in [4.69, 9.17) is 4.42 Å². The van der Waals surface area contributed by atoms with Crippen LogP contribution in [0, 0.1) is 0 Å². The number of unbranched alkanes of at least 4 members (excludes halogenated alkanes) is 2. The van der Waals surface area contributed by atoms with Crippen molar-refractivity contribution in [1.82, 2.24) is 9.69 Å². The molecule has 2 heterocycles. The lowest BCUT2D eigenvalue weighted by Gasteiger charge is -2.05. The van der Waals surface area contributed by atoms with Crippen molar-refractivity contribution >= 4 is 40.3 Å². The Hall–Kier alpha value is -2.00. The molecule has 130 valence electrons. The highest BCUT2D eigenvalue weighted by atomic mass is 32.2. The minimum Gasteiger partial charge on any atom is -0.477 e. The van der Waals surface area contributed by atoms with E-state index in [9.17, 15) is 14.7 Å². The number of carboxylic acids is 1. The maximum Gasteiger partial charge on any atom is 0.341 e. The highest BCUT2D eigenvalue weighted by Gasteiger charge is 2.22. The van der Waals surface area contributed by atoms with E-state index in [1.165, 1.54) is 18.0 Å². The van der Waals surface area contributed by atoms with E-state index in [1.807, 2.05) is 0 Å². The molecular formula is C15H19N3O4S2. The van der Waals surface area contributed by atoms with Crippen molar-refractivity contribution in [3.8, 4) is 0 Å². The van der Waals surface area contributed by atoms with E-state index >= 15 is 0 Å². The number of amides is 2. The first-order valence-corrected chi connectivity index (χ1v) is 9.30. The number of hydrogen-bond acceptors (Lipinski definition) is 6. The molecule has 0 aliphatic heterocycles. The van der Waals surface area contributed by atoms with Gasteiger partial charge in [-0.05, 0) is 35.8 Å². The number of carboxylic acid groups (broad SMARTS) is 1. The first-order chi connectivity index (χ1) is 11.6. The lowest BCUT2D eigenvalue weighted by Crippen LogP contribution is -2.28. The van der Waals surface area contributed by atoms with Crippen molar-refractivity contribution in [1.29, 1.82) is 0 Å². The van der Waals surface area contributed by atoms with Gasteiger partial charge in [0.25, 0.3) is 0 Å². The van der Waals surface area contributed by atoms with Crippen LogP contribution >= 0.6 is 23.3 Å². The third-order valence-electron chi connectivity index (χ3n) is 3.09. The predicted octanol–water partition coefficient (Wildman–Crippen LogP) is 4.04. The van der Waals surface area contributed by atoms with E-state index < -0.39 is 12.0 Å². The van der Waals surface area contributed by atoms with Crippen LogP contribution in [0.25, 0.3) is 0 Å². The zero-order valence-corrected chi connectivity index (χ0v) is 14.8. The minimum absolute atomic E-state index is 0.0506. The van der Waals surface area contributed by atoms with E-state index in [-0.39, 0.29) is 17.1 Å². The second-order valence-electron chi connectivity index (χ2n) is 4.94. The Balaban J connectivity index is 1.94. The number of nitrogens with zero attached hydrogens (tertiary/aromatic N) is 1. The Morgan fingerprint density at radius 1 is 1.42 bits per heavy atom. The molecule has 0 aromatic carbocycles. The summed E-state index contributed by atoms with van der Waals surface area (Å²) in [5.41, 5.74) is 0.0506. The molecule has 0 spiro atoms. The Morgan fingerprint density at radius 2 is 2.25 bits per heavy atom. The number of aromatic carboxylic acids is 1. The summed E-state index contributed by atoms with van der Waals surface area (Å²) in [4.78, 5) is 23.4. The van der Waals surface area contributed by atoms with Crippen LogP contribution in [0.2, 0.25) is 0 Å². The van der Waals surface area contributed by atoms with Gasteiger partial charge in [-0.1, -0.05) is 19.8 Å². The maximum absolute atomic E-state index is 11.9. The summed E-state index contributed by atoms with van der Waals surface area (Å²) in [6, 6.07) is 2.96. The number of nitrogens with one attached hydrogen (secondary N) is 2. The van der Waals surface area contributed by atoms with Crippen LogP contribution < -0.4 is 10.6 Å². The van der Waals surface area contributed by atoms with Crippen LogP contribution in [0.15, 0.2) is 27.8 Å². The molecule has 24 heavy (non-hydrogen) atoms. The average molecular weight is 369 g/mol. The molecular weight excluding hydrogens is 350 g/mol. The van der Waals surface area contributed by atoms with Gasteiger partial charge in [-0.3, -0.25) is 5.32 Å². The third-order valence-corrected chi connectivity index (χ3v) is 5.03. The number of urea groups is 1. The predicted molar refractivity (Wildman–Crippen MR) is 93.9 cm³/mol. The van der Waals surface area contributed by atoms with Crippen molar-refractivity contribution in [3.63, 3.8) is 0 Å². The summed E-state index contributed by atoms with van der Waals surface area (Å²) >= 11 is 2.38. The summed E-state index contributed by atoms with van der Waals surface area (Å²) in [5.74, 6) is 0.324. The Labute approximate surface area is 148 Å². The molecule has 9 heteroatoms. The van der Waals surface area contributed by atoms with Crippen molar-refractivity contribution in [3.05, 3.63) is 29.7 Å². The first kappa shape index (κ1) is 18.3. The van der Waals surface area contributed by atoms with Crippen molar-refractivity contribution in [2.24, 2.45) is 0 Å². The fourth-order valence-corrected chi connectivity index (χ4v) is 3.84. The number of carbonyl (C=O) groups is 2. The highest BCUT2D eigenvalue weighted by molar-refractivity contribution is 7.99. The molecule has 2 rings (SSSR count). The molecule has 2 aromatic rings. The molecule has 0 aliphatic rings. The molecule has 2 aromatic heterocycles. The summed E-state index contributed by atoms with van der Waals surface area (Å²) in [6.45, 7) is 2.33. The van der Waals surface area contributed by atoms with Crippen LogP contribution in [0.1, 0.15) is 42.3 Å². The quantitative estimate of drug-likeness (QED) is 0.455. The lowest BCUT2D eigenvalue weighted by atomic mass is 10.3. The Bertz CT molecular complexity index is 670. The van der Waals surface area contributed by atoms with E-state index in [0.29, 0.717) is 10.8 Å². The summed E-state index contributed by atoms with van der Waals surface area (Å²) in [6.07, 6.45) is 4.72. The molecule has 0 bridgehead atoms. The first-order valence-electron chi connectivity index (χ1n) is 7.54. The van der Waals surface area contributed by atoms with E-state index in [2.05, 4.69) is 21.9 Å². The van der Waals surface area contributed by atoms with Gasteiger partial charge in [0.1, 0.15) is 21.4 Å². The number of carbonyl (C=O) groups excluding carboxylic acids is 1. The topological polar surface area (TPSA) is 104 Å². The Kier molecular flexibility index (Phi) is 7.13. The molecule has 3 N–H and O–H groups in total. The molecule has 0 saturated heterocycles. The number of furan rings is 1. The van der Waals surface area contributed by atoms with E-state index in [1.54, 1.807) is 12.1 Å². The molecule has 0 unspecified atom stereocenters. The van der Waals surface area contributed by atoms with Gasteiger partial charge in [0.05, 0.1) is 12.8 Å². The molecule has 0 fully saturated rings. The summed E-state index contributed by atoms with van der Waals surface area (Å²) < 4.78 is 9.28. The van der Waals surface area contributed by atoms with Crippen molar-refractivity contribution in [2.45, 2.75) is 37.8 Å². The van der Waals surface area contributed by atoms with Crippen LogP contribution in [0.3, 0.4) is 0 Å². The van der Waals surface area contributed by atoms with Gasteiger partial charge in [-0.2, -0.15) is 4.37 Å². The van der Waals surface area contributed by atoms with Crippen LogP contribution in [0.4, 0.5) is 9.80 Å². The SMILES string of the molecule is CCCCCSc1nsc(NC(=O)NCc2ccco2)c1C(=O)O. The highest BCUT2D eigenvalue weighted by Crippen LogP contribution is 2.32. The van der Waals surface area contributed by atoms with Gasteiger partial charge in [0.2, 0.25) is 0 Å². The van der Waals surface area contributed by atoms with Crippen LogP contribution in [-0.4, -0.2) is 27.2 Å². The lowest BCUT2D eigenvalue weighted by molar-refractivity contribution is 0.0694. The van der Waals surface area contributed by atoms with Crippen LogP contribution in [0.5, 0.6) is 0 Å². The number of thioether (sulfide) groups is 1. The third kappa shape index (κ3) is 5.27. The number of aromatic nitrogens is 1. The molecule has 2 amide bonds. The van der Waals surface area contributed by atoms with Crippen molar-refractivity contribution in [2.75, 3.05) is 11.1 Å². The van der Waals surface area contributed by atoms with E-state index in [0.717, 1.165) is 36.5 Å². The fraction of sp³-hybridized carbons (Fsp3) is 0.400. The monoisotopic (exact) mass is 369 g/mol. The molecule has 0 radical (unpaired) electrons. The number of anilines is 1. The summed E-state index contributed by atoms with van der Waals surface area (Å²) in [7, 11) is 0. The Morgan fingerprint density at radius 3 is 2.92 bits per heavy atom. The number of hydrogen-bond donors (Lipinski definition) is 3. The average Bonchev–Trinajstić information content (AvgIpc) is 3.19. The number of rotatable bonds is 9. The van der Waals surface area contributed by atoms with Crippen molar-refractivity contribution < 1.29 is 19.1 Å². The largest absolute Gasteiger partial charge is 0.477 e. The minimum atomic E-state index is -1.09. The second kappa shape index (κ2) is 9.33. The van der Waals surface area contributed by atoms with Gasteiger partial charge in [0.15, 0.2) is 0 Å². The normalized spacial score (nSPS) is 10.5. The van der Waals surface area contributed by atoms with Gasteiger partial charge in [-0.25, -0.2) is 9.59 Å². The second-order valence-corrected chi connectivity index (χ2v) is 6.80. The standard InChI is InChI=1S/C15H19N3O4S2/c1-2-3-4-8-23-13-11(14(19)20)12(24-18-13)17-15(21)16-9-10-6-5-7-22-10/h5-7H,2-4,8-9H2,1H3,(H,19,20)(H2,16,17,21). The van der Waals surface area contributed by atoms with Crippen LogP contribution in [-0.2, 0) is 6.54 Å². The molecule has 7 nitrogen and oxygen atoms in total. The molecule has 0 saturated carbocycles. The smallest absolute Gasteiger partial charge is 0.341 e. The zero-order chi connectivity index (χ0) is 17.4. The van der Waals surface area contributed by atoms with Gasteiger partial charge >= 0.3 is 12.0 Å². The summed E-state index contributed by atoms with van der Waals surface area (Å²) in [5, 5.41) is 15.2. The fourth-order valence-electron chi connectivity index (χ4n) is 1.90. The van der Waals surface area contributed by atoms with Gasteiger partial charge in [-0.15, -0.1) is 11.8 Å². The molecule has 0 atom stereocenters. The molecule has 0 aliphatic carbocycles. The van der Waals surface area contributed by atoms with Gasteiger partial charge < -0.3 is 14.8 Å². The maximum atomic E-state index is 11.9.